The summed E-state index contributed by atoms with van der Waals surface area (Å²) in [5, 5.41) is 4.93. The summed E-state index contributed by atoms with van der Waals surface area (Å²) >= 11 is 1.85. The van der Waals surface area contributed by atoms with E-state index in [2.05, 4.69) is 35.8 Å². The number of likely N-dealkylation sites (N-methyl/N-ethyl adjacent to an activating group) is 1. The minimum absolute atomic E-state index is 0.00876. The van der Waals surface area contributed by atoms with Crippen LogP contribution in [0.15, 0.2) is 17.1 Å². The molecule has 0 amide bonds. The maximum absolute atomic E-state index is 12.2. The summed E-state index contributed by atoms with van der Waals surface area (Å²) in [6.07, 6.45) is 2.97. The zero-order valence-corrected chi connectivity index (χ0v) is 14.1. The third kappa shape index (κ3) is 5.04. The molecule has 1 fully saturated rings. The lowest BCUT2D eigenvalue weighted by atomic mass is 10.3. The van der Waals surface area contributed by atoms with Crippen LogP contribution < -0.4 is 10.5 Å². The van der Waals surface area contributed by atoms with Gasteiger partial charge < -0.3 is 9.80 Å². The molecule has 0 saturated carbocycles. The van der Waals surface area contributed by atoms with Gasteiger partial charge in [0.1, 0.15) is 0 Å². The van der Waals surface area contributed by atoms with Crippen LogP contribution in [0.5, 0.6) is 0 Å². The van der Waals surface area contributed by atoms with E-state index in [1.165, 1.54) is 0 Å². The van der Waals surface area contributed by atoms with Crippen molar-refractivity contribution in [2.24, 2.45) is 0 Å². The molecule has 1 aromatic rings. The van der Waals surface area contributed by atoms with Gasteiger partial charge in [0.25, 0.3) is 5.56 Å². The molecule has 1 aromatic heterocycles. The van der Waals surface area contributed by atoms with Gasteiger partial charge >= 0.3 is 0 Å². The molecule has 118 valence electrons. The highest BCUT2D eigenvalue weighted by atomic mass is 32.2. The molecule has 1 aliphatic heterocycles. The Balaban J connectivity index is 1.99. The van der Waals surface area contributed by atoms with Crippen molar-refractivity contribution >= 4 is 17.4 Å². The van der Waals surface area contributed by atoms with Crippen molar-refractivity contribution in [3.63, 3.8) is 0 Å². The highest BCUT2D eigenvalue weighted by Crippen LogP contribution is 2.13. The number of anilines is 1. The Bertz CT molecular complexity index is 503. The topological polar surface area (TPSA) is 41.4 Å². The molecule has 0 unspecified atom stereocenters. The summed E-state index contributed by atoms with van der Waals surface area (Å²) in [5.41, 5.74) is 0.970. The second-order valence-electron chi connectivity index (χ2n) is 5.84. The number of nitrogens with zero attached hydrogens (tertiary/aromatic N) is 4. The molecule has 5 nitrogen and oxygen atoms in total. The molecule has 0 N–H and O–H groups in total. The van der Waals surface area contributed by atoms with Crippen LogP contribution in [0.4, 0.5) is 5.69 Å². The fraction of sp³-hybridized carbons (Fsp3) is 0.733. The Kier molecular flexibility index (Phi) is 6.11. The molecular weight excluding hydrogens is 284 g/mol. The van der Waals surface area contributed by atoms with Crippen LogP contribution in [-0.4, -0.2) is 58.9 Å². The number of thioether (sulfide) groups is 1. The van der Waals surface area contributed by atoms with Crippen molar-refractivity contribution in [2.45, 2.75) is 32.1 Å². The highest BCUT2D eigenvalue weighted by Gasteiger charge is 2.13. The standard InChI is InChI=1S/C15H26N4OS/c1-13(2)21-10-9-19-15(20)11-14(12-16-19)18-6-4-5-17(3)7-8-18/h11-13H,4-10H2,1-3H3. The first-order valence-corrected chi connectivity index (χ1v) is 8.73. The van der Waals surface area contributed by atoms with Gasteiger partial charge in [-0.15, -0.1) is 0 Å². The Morgan fingerprint density at radius 3 is 2.81 bits per heavy atom. The molecule has 0 aromatic carbocycles. The monoisotopic (exact) mass is 310 g/mol. The molecule has 0 aliphatic carbocycles. The van der Waals surface area contributed by atoms with Crippen LogP contribution >= 0.6 is 11.8 Å². The zero-order valence-electron chi connectivity index (χ0n) is 13.3. The first-order valence-electron chi connectivity index (χ1n) is 7.68. The van der Waals surface area contributed by atoms with Gasteiger partial charge in [0.05, 0.1) is 18.4 Å². The van der Waals surface area contributed by atoms with Crippen LogP contribution in [0.25, 0.3) is 0 Å². The zero-order chi connectivity index (χ0) is 15.2. The molecule has 1 saturated heterocycles. The van der Waals surface area contributed by atoms with E-state index in [0.29, 0.717) is 11.8 Å². The molecule has 1 aliphatic rings. The Labute approximate surface area is 131 Å². The lowest BCUT2D eigenvalue weighted by molar-refractivity contribution is 0.360. The van der Waals surface area contributed by atoms with Crippen LogP contribution in [0.3, 0.4) is 0 Å². The first-order chi connectivity index (χ1) is 10.1. The van der Waals surface area contributed by atoms with Gasteiger partial charge in [-0.05, 0) is 25.3 Å². The van der Waals surface area contributed by atoms with Crippen LogP contribution in [-0.2, 0) is 6.54 Å². The van der Waals surface area contributed by atoms with Crippen LogP contribution in [0.1, 0.15) is 20.3 Å². The van der Waals surface area contributed by atoms with E-state index < -0.39 is 0 Å². The molecule has 0 radical (unpaired) electrons. The second kappa shape index (κ2) is 7.84. The molecule has 0 atom stereocenters. The van der Waals surface area contributed by atoms with Crippen LogP contribution in [0.2, 0.25) is 0 Å². The molecule has 2 heterocycles. The maximum atomic E-state index is 12.2. The molecule has 21 heavy (non-hydrogen) atoms. The van der Waals surface area contributed by atoms with Crippen LogP contribution in [0, 0.1) is 0 Å². The third-order valence-electron chi connectivity index (χ3n) is 3.69. The predicted octanol–water partition coefficient (Wildman–Crippen LogP) is 1.53. The van der Waals surface area contributed by atoms with Crippen molar-refractivity contribution in [1.82, 2.24) is 14.7 Å². The Morgan fingerprint density at radius 2 is 2.10 bits per heavy atom. The average Bonchev–Trinajstić information content (AvgIpc) is 2.65. The van der Waals surface area contributed by atoms with E-state index in [-0.39, 0.29) is 5.56 Å². The number of hydrogen-bond acceptors (Lipinski definition) is 5. The van der Waals surface area contributed by atoms with Gasteiger partial charge in [0.2, 0.25) is 0 Å². The van der Waals surface area contributed by atoms with Gasteiger partial charge in [-0.3, -0.25) is 4.79 Å². The van der Waals surface area contributed by atoms with E-state index in [1.54, 1.807) is 10.7 Å². The smallest absolute Gasteiger partial charge is 0.268 e. The summed E-state index contributed by atoms with van der Waals surface area (Å²) in [4.78, 5) is 16.8. The number of rotatable bonds is 5. The Hall–Kier alpha value is -1.01. The lowest BCUT2D eigenvalue weighted by Gasteiger charge is -2.22. The van der Waals surface area contributed by atoms with Gasteiger partial charge in [-0.2, -0.15) is 16.9 Å². The van der Waals surface area contributed by atoms with Gasteiger partial charge in [-0.25, -0.2) is 4.68 Å². The minimum Gasteiger partial charge on any atom is -0.369 e. The normalized spacial score (nSPS) is 17.2. The molecule has 0 spiro atoms. The van der Waals surface area contributed by atoms with E-state index in [9.17, 15) is 4.79 Å². The fourth-order valence-electron chi connectivity index (χ4n) is 2.44. The van der Waals surface area contributed by atoms with Gasteiger partial charge in [0, 0.05) is 31.5 Å². The highest BCUT2D eigenvalue weighted by molar-refractivity contribution is 7.99. The second-order valence-corrected chi connectivity index (χ2v) is 7.52. The SMILES string of the molecule is CC(C)SCCn1ncc(N2CCCN(C)CC2)cc1=O. The van der Waals surface area contributed by atoms with Gasteiger partial charge in [-0.1, -0.05) is 13.8 Å². The molecule has 6 heteroatoms. The van der Waals surface area contributed by atoms with Gasteiger partial charge in [0.15, 0.2) is 0 Å². The lowest BCUT2D eigenvalue weighted by Crippen LogP contribution is -2.31. The van der Waals surface area contributed by atoms with Crippen molar-refractivity contribution in [2.75, 3.05) is 43.9 Å². The Morgan fingerprint density at radius 1 is 1.29 bits per heavy atom. The number of aromatic nitrogens is 2. The predicted molar refractivity (Wildman–Crippen MR) is 90.4 cm³/mol. The van der Waals surface area contributed by atoms with E-state index in [1.807, 2.05) is 18.0 Å². The molecule has 0 bridgehead atoms. The molecule has 2 rings (SSSR count). The molecular formula is C15H26N4OS. The van der Waals surface area contributed by atoms with Crippen molar-refractivity contribution in [3.05, 3.63) is 22.6 Å². The summed E-state index contributed by atoms with van der Waals surface area (Å²) in [5.74, 6) is 0.929. The maximum Gasteiger partial charge on any atom is 0.268 e. The van der Waals surface area contributed by atoms with E-state index in [4.69, 9.17) is 0 Å². The first kappa shape index (κ1) is 16.4. The third-order valence-corrected chi connectivity index (χ3v) is 4.78. The summed E-state index contributed by atoms with van der Waals surface area (Å²) in [6, 6.07) is 1.73. The van der Waals surface area contributed by atoms with E-state index >= 15 is 0 Å². The minimum atomic E-state index is 0.00876. The summed E-state index contributed by atoms with van der Waals surface area (Å²) < 4.78 is 1.57. The van der Waals surface area contributed by atoms with Crippen molar-refractivity contribution in [1.29, 1.82) is 0 Å². The van der Waals surface area contributed by atoms with E-state index in [0.717, 1.165) is 44.0 Å². The average molecular weight is 310 g/mol. The van der Waals surface area contributed by atoms with Crippen molar-refractivity contribution in [3.8, 4) is 0 Å². The summed E-state index contributed by atoms with van der Waals surface area (Å²) in [7, 11) is 2.14. The largest absolute Gasteiger partial charge is 0.369 e. The summed E-state index contributed by atoms with van der Waals surface area (Å²) in [6.45, 7) is 9.14. The fourth-order valence-corrected chi connectivity index (χ4v) is 3.19. The number of aryl methyl sites for hydroxylation is 1. The van der Waals surface area contributed by atoms with Crippen molar-refractivity contribution < 1.29 is 0 Å². The number of hydrogen-bond donors (Lipinski definition) is 0. The quantitative estimate of drug-likeness (QED) is 0.825.